The van der Waals surface area contributed by atoms with Gasteiger partial charge in [-0.3, -0.25) is 4.99 Å². The highest BCUT2D eigenvalue weighted by molar-refractivity contribution is 5.69. The van der Waals surface area contributed by atoms with Crippen LogP contribution in [0.15, 0.2) is 4.99 Å². The first-order valence-corrected chi connectivity index (χ1v) is 6.71. The van der Waals surface area contributed by atoms with E-state index in [2.05, 4.69) is 21.9 Å². The fourth-order valence-corrected chi connectivity index (χ4v) is 2.84. The summed E-state index contributed by atoms with van der Waals surface area (Å²) < 4.78 is 0. The lowest BCUT2D eigenvalue weighted by Gasteiger charge is -2.12. The van der Waals surface area contributed by atoms with Gasteiger partial charge in [-0.1, -0.05) is 13.3 Å². The second kappa shape index (κ2) is 5.46. The van der Waals surface area contributed by atoms with Crippen molar-refractivity contribution in [1.29, 1.82) is 0 Å². The number of rotatable bonds is 3. The van der Waals surface area contributed by atoms with Crippen LogP contribution in [-0.4, -0.2) is 16.2 Å². The molecule has 1 saturated carbocycles. The van der Waals surface area contributed by atoms with Crippen molar-refractivity contribution in [3.8, 4) is 0 Å². The zero-order chi connectivity index (χ0) is 13.1. The van der Waals surface area contributed by atoms with E-state index < -0.39 is 0 Å². The molecule has 1 aromatic heterocycles. The van der Waals surface area contributed by atoms with Crippen LogP contribution in [0.4, 0.5) is 11.5 Å². The third kappa shape index (κ3) is 2.86. The van der Waals surface area contributed by atoms with Crippen LogP contribution in [0.2, 0.25) is 0 Å². The minimum absolute atomic E-state index is 0.502. The van der Waals surface area contributed by atoms with Gasteiger partial charge in [0.1, 0.15) is 11.5 Å². The maximum Gasteiger partial charge on any atom is 0.153 e. The fourth-order valence-electron chi connectivity index (χ4n) is 2.84. The summed E-state index contributed by atoms with van der Waals surface area (Å²) in [5, 5.41) is 0. The van der Waals surface area contributed by atoms with E-state index in [1.165, 1.54) is 19.3 Å². The molecule has 2 N–H and O–H groups in total. The van der Waals surface area contributed by atoms with Crippen LogP contribution < -0.4 is 5.73 Å². The van der Waals surface area contributed by atoms with E-state index in [-0.39, 0.29) is 0 Å². The van der Waals surface area contributed by atoms with Gasteiger partial charge in [0.05, 0.1) is 5.69 Å². The molecule has 1 unspecified atom stereocenters. The van der Waals surface area contributed by atoms with Gasteiger partial charge in [0.15, 0.2) is 5.82 Å². The Labute approximate surface area is 109 Å². The summed E-state index contributed by atoms with van der Waals surface area (Å²) in [5.74, 6) is 2.80. The molecule has 2 rings (SSSR count). The second-order valence-corrected chi connectivity index (χ2v) is 5.33. The van der Waals surface area contributed by atoms with Crippen molar-refractivity contribution in [2.75, 3.05) is 5.73 Å². The lowest BCUT2D eigenvalue weighted by atomic mass is 9.99. The maximum absolute atomic E-state index is 5.94. The van der Waals surface area contributed by atoms with Gasteiger partial charge in [0, 0.05) is 6.21 Å². The number of nitrogens with two attached hydrogens (primary N) is 1. The average molecular weight is 246 g/mol. The van der Waals surface area contributed by atoms with Crippen molar-refractivity contribution in [2.45, 2.75) is 46.5 Å². The van der Waals surface area contributed by atoms with E-state index in [0.29, 0.717) is 5.82 Å². The Morgan fingerprint density at radius 1 is 1.39 bits per heavy atom. The lowest BCUT2D eigenvalue weighted by molar-refractivity contribution is 0.507. The molecule has 2 atom stereocenters. The monoisotopic (exact) mass is 246 g/mol. The molecular formula is C14H22N4. The number of nitrogens with zero attached hydrogens (tertiary/aromatic N) is 3. The van der Waals surface area contributed by atoms with Gasteiger partial charge in [0.25, 0.3) is 0 Å². The number of aryl methyl sites for hydroxylation is 1. The minimum Gasteiger partial charge on any atom is -0.382 e. The quantitative estimate of drug-likeness (QED) is 0.834. The smallest absolute Gasteiger partial charge is 0.153 e. The van der Waals surface area contributed by atoms with Gasteiger partial charge in [-0.2, -0.15) is 0 Å². The summed E-state index contributed by atoms with van der Waals surface area (Å²) >= 11 is 0. The fraction of sp³-hybridized carbons (Fsp3) is 0.643. The van der Waals surface area contributed by atoms with Crippen molar-refractivity contribution in [2.24, 2.45) is 16.8 Å². The molecular weight excluding hydrogens is 224 g/mol. The Bertz CT molecular complexity index is 453. The Morgan fingerprint density at radius 3 is 2.78 bits per heavy atom. The van der Waals surface area contributed by atoms with E-state index in [1.54, 1.807) is 6.21 Å². The van der Waals surface area contributed by atoms with E-state index in [1.807, 2.05) is 13.8 Å². The summed E-state index contributed by atoms with van der Waals surface area (Å²) in [6.07, 6.45) is 6.64. The normalized spacial score (nSPS) is 23.9. The largest absolute Gasteiger partial charge is 0.382 e. The van der Waals surface area contributed by atoms with E-state index in [4.69, 9.17) is 5.73 Å². The Balaban J connectivity index is 2.25. The Kier molecular flexibility index (Phi) is 3.94. The van der Waals surface area contributed by atoms with Crippen LogP contribution in [0.1, 0.15) is 44.6 Å². The number of hydrogen-bond donors (Lipinski definition) is 1. The third-order valence-electron chi connectivity index (χ3n) is 3.64. The van der Waals surface area contributed by atoms with E-state index in [0.717, 1.165) is 35.5 Å². The number of aromatic nitrogens is 2. The van der Waals surface area contributed by atoms with Gasteiger partial charge in [0.2, 0.25) is 0 Å². The lowest BCUT2D eigenvalue weighted by Crippen LogP contribution is -2.07. The maximum atomic E-state index is 5.94. The molecule has 0 saturated heterocycles. The highest BCUT2D eigenvalue weighted by Gasteiger charge is 2.23. The molecule has 1 heterocycles. The molecule has 0 radical (unpaired) electrons. The SMILES string of the molecule is CC=Nc1c(N)nc(C)nc1C[C@H]1CCC(C)C1. The molecule has 98 valence electrons. The molecule has 1 aliphatic carbocycles. The summed E-state index contributed by atoms with van der Waals surface area (Å²) in [5.41, 5.74) is 7.72. The van der Waals surface area contributed by atoms with E-state index in [9.17, 15) is 0 Å². The van der Waals surface area contributed by atoms with E-state index >= 15 is 0 Å². The van der Waals surface area contributed by atoms with Crippen LogP contribution in [0.5, 0.6) is 0 Å². The molecule has 0 amide bonds. The average Bonchev–Trinajstić information content (AvgIpc) is 2.69. The molecule has 0 bridgehead atoms. The Hall–Kier alpha value is -1.45. The molecule has 0 aliphatic heterocycles. The number of anilines is 1. The first-order valence-electron chi connectivity index (χ1n) is 6.71. The summed E-state index contributed by atoms with van der Waals surface area (Å²) in [6.45, 7) is 6.10. The van der Waals surface area contributed by atoms with Crippen LogP contribution >= 0.6 is 0 Å². The van der Waals surface area contributed by atoms with Gasteiger partial charge >= 0.3 is 0 Å². The van der Waals surface area contributed by atoms with Gasteiger partial charge in [-0.05, 0) is 44.9 Å². The predicted octanol–water partition coefficient (Wildman–Crippen LogP) is 3.07. The van der Waals surface area contributed by atoms with Crippen LogP contribution in [0.3, 0.4) is 0 Å². The van der Waals surface area contributed by atoms with Crippen molar-refractivity contribution >= 4 is 17.7 Å². The third-order valence-corrected chi connectivity index (χ3v) is 3.64. The van der Waals surface area contributed by atoms with Crippen molar-refractivity contribution in [1.82, 2.24) is 9.97 Å². The molecule has 1 fully saturated rings. The molecule has 18 heavy (non-hydrogen) atoms. The van der Waals surface area contributed by atoms with Gasteiger partial charge in [-0.25, -0.2) is 9.97 Å². The first kappa shape index (κ1) is 13.0. The number of nitrogen functional groups attached to an aromatic ring is 1. The van der Waals surface area contributed by atoms with Crippen molar-refractivity contribution in [3.63, 3.8) is 0 Å². The molecule has 0 spiro atoms. The molecule has 1 aromatic rings. The highest BCUT2D eigenvalue weighted by atomic mass is 15.0. The zero-order valence-corrected chi connectivity index (χ0v) is 11.5. The van der Waals surface area contributed by atoms with Crippen molar-refractivity contribution in [3.05, 3.63) is 11.5 Å². The topological polar surface area (TPSA) is 64.2 Å². The molecule has 4 nitrogen and oxygen atoms in total. The predicted molar refractivity (Wildman–Crippen MR) is 75.2 cm³/mol. The first-order chi connectivity index (χ1) is 8.60. The molecule has 4 heteroatoms. The summed E-state index contributed by atoms with van der Waals surface area (Å²) in [6, 6.07) is 0. The summed E-state index contributed by atoms with van der Waals surface area (Å²) in [4.78, 5) is 13.1. The molecule has 0 aromatic carbocycles. The number of aliphatic imine (C=N–C) groups is 1. The van der Waals surface area contributed by atoms with Crippen molar-refractivity contribution < 1.29 is 0 Å². The Morgan fingerprint density at radius 2 is 2.17 bits per heavy atom. The second-order valence-electron chi connectivity index (χ2n) is 5.33. The van der Waals surface area contributed by atoms with Crippen LogP contribution in [0.25, 0.3) is 0 Å². The number of hydrogen-bond acceptors (Lipinski definition) is 4. The minimum atomic E-state index is 0.502. The highest BCUT2D eigenvalue weighted by Crippen LogP contribution is 2.35. The molecule has 1 aliphatic rings. The van der Waals surface area contributed by atoms with Gasteiger partial charge in [-0.15, -0.1) is 0 Å². The summed E-state index contributed by atoms with van der Waals surface area (Å²) in [7, 11) is 0. The van der Waals surface area contributed by atoms with Gasteiger partial charge < -0.3 is 5.73 Å². The van der Waals surface area contributed by atoms with Crippen LogP contribution in [-0.2, 0) is 6.42 Å². The zero-order valence-electron chi connectivity index (χ0n) is 11.5. The van der Waals surface area contributed by atoms with Crippen LogP contribution in [0, 0.1) is 18.8 Å². The standard InChI is InChI=1S/C14H22N4/c1-4-16-13-12(17-10(3)18-14(13)15)8-11-6-5-9(2)7-11/h4,9,11H,5-8H2,1-3H3,(H2,15,17,18)/t9?,11-/m0/s1.